The first-order valence-electron chi connectivity index (χ1n) is 7.30. The Morgan fingerprint density at radius 2 is 1.94 bits per heavy atom. The van der Waals surface area contributed by atoms with Gasteiger partial charge in [0, 0.05) is 32.7 Å². The van der Waals surface area contributed by atoms with Crippen LogP contribution in [-0.4, -0.2) is 60.1 Å². The molecule has 4 nitrogen and oxygen atoms in total. The summed E-state index contributed by atoms with van der Waals surface area (Å²) in [6, 6.07) is 0. The minimum Gasteiger partial charge on any atom is -0.387 e. The van der Waals surface area contributed by atoms with E-state index in [0.717, 1.165) is 38.0 Å². The number of hydrogen-bond acceptors (Lipinski definition) is 3. The normalized spacial score (nSPS) is 30.4. The molecule has 2 atom stereocenters. The van der Waals surface area contributed by atoms with E-state index in [1.807, 2.05) is 0 Å². The highest BCUT2D eigenvalue weighted by atomic mass is 16.3. The Balaban J connectivity index is 1.71. The van der Waals surface area contributed by atoms with E-state index in [4.69, 9.17) is 5.11 Å². The smallest absolute Gasteiger partial charge is 0.248 e. The molecule has 0 aromatic heterocycles. The lowest BCUT2D eigenvalue weighted by Crippen LogP contribution is -2.50. The molecule has 2 aliphatic rings. The van der Waals surface area contributed by atoms with E-state index in [1.54, 1.807) is 4.90 Å². The highest BCUT2D eigenvalue weighted by Crippen LogP contribution is 2.29. The van der Waals surface area contributed by atoms with Gasteiger partial charge >= 0.3 is 0 Å². The summed E-state index contributed by atoms with van der Waals surface area (Å²) in [4.78, 5) is 15.6. The molecule has 0 aromatic carbocycles. The summed E-state index contributed by atoms with van der Waals surface area (Å²) >= 11 is 0. The van der Waals surface area contributed by atoms with Gasteiger partial charge in [-0.1, -0.05) is 19.8 Å². The molecule has 2 rings (SSSR count). The summed E-state index contributed by atoms with van der Waals surface area (Å²) in [5.74, 6) is 1.62. The van der Waals surface area contributed by atoms with Gasteiger partial charge in [-0.05, 0) is 24.7 Å². The van der Waals surface area contributed by atoms with Crippen LogP contribution in [0.2, 0.25) is 0 Å². The van der Waals surface area contributed by atoms with Crippen LogP contribution in [0.4, 0.5) is 0 Å². The molecule has 104 valence electrons. The van der Waals surface area contributed by atoms with Crippen molar-refractivity contribution >= 4 is 5.91 Å². The van der Waals surface area contributed by atoms with Crippen molar-refractivity contribution in [1.29, 1.82) is 0 Å². The minimum atomic E-state index is -0.347. The predicted molar refractivity (Wildman–Crippen MR) is 71.2 cm³/mol. The van der Waals surface area contributed by atoms with Gasteiger partial charge in [0.05, 0.1) is 0 Å². The number of amides is 1. The second-order valence-corrected chi connectivity index (χ2v) is 5.98. The van der Waals surface area contributed by atoms with Gasteiger partial charge in [-0.3, -0.25) is 9.69 Å². The topological polar surface area (TPSA) is 43.8 Å². The van der Waals surface area contributed by atoms with Crippen LogP contribution >= 0.6 is 0 Å². The van der Waals surface area contributed by atoms with Crippen LogP contribution in [0, 0.1) is 11.8 Å². The molecule has 1 saturated heterocycles. The fourth-order valence-corrected chi connectivity index (χ4v) is 3.37. The number of aliphatic hydroxyl groups is 1. The Morgan fingerprint density at radius 1 is 1.22 bits per heavy atom. The molecular formula is C14H26N2O2. The molecule has 1 aliphatic heterocycles. The molecule has 4 heteroatoms. The Bertz CT molecular complexity index is 275. The Labute approximate surface area is 110 Å². The van der Waals surface area contributed by atoms with Gasteiger partial charge in [0.1, 0.15) is 6.61 Å². The van der Waals surface area contributed by atoms with E-state index in [9.17, 15) is 4.79 Å². The van der Waals surface area contributed by atoms with Crippen molar-refractivity contribution in [2.75, 3.05) is 39.3 Å². The van der Waals surface area contributed by atoms with Gasteiger partial charge < -0.3 is 10.0 Å². The first kappa shape index (κ1) is 13.8. The minimum absolute atomic E-state index is 0.124. The van der Waals surface area contributed by atoms with Crippen molar-refractivity contribution in [2.24, 2.45) is 11.8 Å². The molecule has 1 saturated carbocycles. The summed E-state index contributed by atoms with van der Waals surface area (Å²) in [6.45, 7) is 6.71. The van der Waals surface area contributed by atoms with E-state index < -0.39 is 0 Å². The molecule has 0 radical (unpaired) electrons. The lowest BCUT2D eigenvalue weighted by Gasteiger charge is -2.37. The zero-order chi connectivity index (χ0) is 13.0. The quantitative estimate of drug-likeness (QED) is 0.815. The van der Waals surface area contributed by atoms with Crippen LogP contribution in [0.25, 0.3) is 0 Å². The molecule has 1 N–H and O–H groups in total. The molecule has 1 heterocycles. The lowest BCUT2D eigenvalue weighted by atomic mass is 9.82. The first-order valence-corrected chi connectivity index (χ1v) is 7.30. The van der Waals surface area contributed by atoms with E-state index in [0.29, 0.717) is 0 Å². The van der Waals surface area contributed by atoms with Gasteiger partial charge in [-0.2, -0.15) is 0 Å². The summed E-state index contributed by atoms with van der Waals surface area (Å²) in [7, 11) is 0. The molecule has 1 aliphatic carbocycles. The van der Waals surface area contributed by atoms with Gasteiger partial charge in [0.25, 0.3) is 0 Å². The first-order chi connectivity index (χ1) is 8.69. The molecule has 1 amide bonds. The monoisotopic (exact) mass is 254 g/mol. The van der Waals surface area contributed by atoms with Crippen molar-refractivity contribution in [3.8, 4) is 0 Å². The number of carbonyl (C=O) groups excluding carboxylic acids is 1. The van der Waals surface area contributed by atoms with Crippen molar-refractivity contribution in [1.82, 2.24) is 9.80 Å². The van der Waals surface area contributed by atoms with Gasteiger partial charge in [0.2, 0.25) is 5.91 Å². The Kier molecular flexibility index (Phi) is 5.01. The third kappa shape index (κ3) is 3.69. The molecular weight excluding hydrogens is 228 g/mol. The molecule has 18 heavy (non-hydrogen) atoms. The standard InChI is InChI=1S/C14H26N2O2/c1-12-3-2-4-13(9-12)10-15-5-7-16(8-6-15)14(18)11-17/h12-13,17H,2-11H2,1H3. The van der Waals surface area contributed by atoms with Crippen LogP contribution in [0.1, 0.15) is 32.6 Å². The average Bonchev–Trinajstić information content (AvgIpc) is 2.39. The van der Waals surface area contributed by atoms with E-state index >= 15 is 0 Å². The fourth-order valence-electron chi connectivity index (χ4n) is 3.37. The summed E-state index contributed by atoms with van der Waals surface area (Å²) in [5.41, 5.74) is 0. The fraction of sp³-hybridized carbons (Fsp3) is 0.929. The maximum Gasteiger partial charge on any atom is 0.248 e. The lowest BCUT2D eigenvalue weighted by molar-refractivity contribution is -0.136. The Morgan fingerprint density at radius 3 is 2.56 bits per heavy atom. The summed E-state index contributed by atoms with van der Waals surface area (Å²) < 4.78 is 0. The Hall–Kier alpha value is -0.610. The third-order valence-electron chi connectivity index (χ3n) is 4.42. The summed E-state index contributed by atoms with van der Waals surface area (Å²) in [5, 5.41) is 8.84. The van der Waals surface area contributed by atoms with Crippen LogP contribution < -0.4 is 0 Å². The summed E-state index contributed by atoms with van der Waals surface area (Å²) in [6.07, 6.45) is 5.53. The molecule has 0 aromatic rings. The number of hydrogen-bond donors (Lipinski definition) is 1. The zero-order valence-electron chi connectivity index (χ0n) is 11.5. The van der Waals surface area contributed by atoms with Crippen LogP contribution in [0.5, 0.6) is 0 Å². The number of piperazine rings is 1. The van der Waals surface area contributed by atoms with E-state index in [-0.39, 0.29) is 12.5 Å². The third-order valence-corrected chi connectivity index (χ3v) is 4.42. The second-order valence-electron chi connectivity index (χ2n) is 5.98. The van der Waals surface area contributed by atoms with Gasteiger partial charge in [-0.25, -0.2) is 0 Å². The van der Waals surface area contributed by atoms with E-state index in [2.05, 4.69) is 11.8 Å². The zero-order valence-corrected chi connectivity index (χ0v) is 11.5. The van der Waals surface area contributed by atoms with Crippen LogP contribution in [-0.2, 0) is 4.79 Å². The highest BCUT2D eigenvalue weighted by Gasteiger charge is 2.24. The number of aliphatic hydroxyl groups excluding tert-OH is 1. The maximum absolute atomic E-state index is 11.4. The van der Waals surface area contributed by atoms with Gasteiger partial charge in [-0.15, -0.1) is 0 Å². The second kappa shape index (κ2) is 6.53. The van der Waals surface area contributed by atoms with Gasteiger partial charge in [0.15, 0.2) is 0 Å². The number of rotatable bonds is 3. The molecule has 0 spiro atoms. The molecule has 0 bridgehead atoms. The SMILES string of the molecule is CC1CCCC(CN2CCN(C(=O)CO)CC2)C1. The number of nitrogens with zero attached hydrogens (tertiary/aromatic N) is 2. The largest absolute Gasteiger partial charge is 0.387 e. The molecule has 2 fully saturated rings. The van der Waals surface area contributed by atoms with E-state index in [1.165, 1.54) is 32.2 Å². The van der Waals surface area contributed by atoms with Crippen molar-refractivity contribution in [3.63, 3.8) is 0 Å². The highest BCUT2D eigenvalue weighted by molar-refractivity contribution is 5.77. The van der Waals surface area contributed by atoms with Crippen LogP contribution in [0.15, 0.2) is 0 Å². The van der Waals surface area contributed by atoms with Crippen molar-refractivity contribution < 1.29 is 9.90 Å². The number of carbonyl (C=O) groups is 1. The van der Waals surface area contributed by atoms with Crippen molar-refractivity contribution in [3.05, 3.63) is 0 Å². The van der Waals surface area contributed by atoms with Crippen LogP contribution in [0.3, 0.4) is 0 Å². The van der Waals surface area contributed by atoms with Crippen molar-refractivity contribution in [2.45, 2.75) is 32.6 Å². The maximum atomic E-state index is 11.4. The average molecular weight is 254 g/mol. The molecule has 2 unspecified atom stereocenters. The predicted octanol–water partition coefficient (Wildman–Crippen LogP) is 0.949.